The minimum atomic E-state index is -0.481. The molecule has 0 heterocycles. The lowest BCUT2D eigenvalue weighted by atomic mass is 9.96. The van der Waals surface area contributed by atoms with Crippen LogP contribution in [-0.4, -0.2) is 12.9 Å². The molecule has 0 bridgehead atoms. The maximum atomic E-state index is 13.3. The lowest BCUT2D eigenvalue weighted by molar-refractivity contribution is 0.103. The highest BCUT2D eigenvalue weighted by Crippen LogP contribution is 2.26. The Morgan fingerprint density at radius 3 is 2.45 bits per heavy atom. The van der Waals surface area contributed by atoms with E-state index in [2.05, 4.69) is 0 Å². The molecule has 2 aromatic carbocycles. The molecule has 0 spiro atoms. The van der Waals surface area contributed by atoms with Gasteiger partial charge in [0.2, 0.25) is 0 Å². The van der Waals surface area contributed by atoms with Crippen LogP contribution in [0, 0.1) is 19.7 Å². The molecule has 0 saturated heterocycles. The number of hydrogen-bond donors (Lipinski definition) is 1. The minimum absolute atomic E-state index is 0.178. The van der Waals surface area contributed by atoms with E-state index >= 15 is 0 Å². The minimum Gasteiger partial charge on any atom is -0.496 e. The third-order valence-electron chi connectivity index (χ3n) is 3.25. The highest BCUT2D eigenvalue weighted by Gasteiger charge is 2.17. The maximum Gasteiger partial charge on any atom is 0.195 e. The predicted octanol–water partition coefficient (Wildman–Crippen LogP) is 3.26. The molecule has 2 aromatic rings. The highest BCUT2D eigenvalue weighted by atomic mass is 19.1. The highest BCUT2D eigenvalue weighted by molar-refractivity contribution is 6.13. The van der Waals surface area contributed by atoms with Crippen molar-refractivity contribution in [2.24, 2.45) is 0 Å². The van der Waals surface area contributed by atoms with Gasteiger partial charge in [0.25, 0.3) is 0 Å². The molecule has 0 saturated carbocycles. The van der Waals surface area contributed by atoms with Crippen LogP contribution in [0.15, 0.2) is 30.3 Å². The van der Waals surface area contributed by atoms with Gasteiger partial charge in [-0.05, 0) is 55.3 Å². The molecular weight excluding hydrogens is 257 g/mol. The summed E-state index contributed by atoms with van der Waals surface area (Å²) in [7, 11) is 1.58. The summed E-state index contributed by atoms with van der Waals surface area (Å²) < 4.78 is 18.5. The van der Waals surface area contributed by atoms with Crippen LogP contribution in [0.5, 0.6) is 5.75 Å². The van der Waals surface area contributed by atoms with Crippen molar-refractivity contribution in [2.75, 3.05) is 12.8 Å². The van der Waals surface area contributed by atoms with Crippen LogP contribution in [0.1, 0.15) is 27.0 Å². The third kappa shape index (κ3) is 2.50. The van der Waals surface area contributed by atoms with Gasteiger partial charge in [0.1, 0.15) is 11.6 Å². The van der Waals surface area contributed by atoms with Crippen molar-refractivity contribution < 1.29 is 13.9 Å². The van der Waals surface area contributed by atoms with Crippen molar-refractivity contribution in [1.29, 1.82) is 0 Å². The molecule has 0 aliphatic rings. The fourth-order valence-electron chi connectivity index (χ4n) is 2.12. The summed E-state index contributed by atoms with van der Waals surface area (Å²) >= 11 is 0. The zero-order chi connectivity index (χ0) is 14.9. The van der Waals surface area contributed by atoms with Gasteiger partial charge in [-0.15, -0.1) is 0 Å². The number of nitrogens with two attached hydrogens (primary N) is 1. The van der Waals surface area contributed by atoms with Crippen LogP contribution < -0.4 is 10.5 Å². The number of halogens is 1. The molecule has 0 atom stereocenters. The summed E-state index contributed by atoms with van der Waals surface area (Å²) in [5, 5.41) is 0. The Balaban J connectivity index is 2.54. The lowest BCUT2D eigenvalue weighted by Crippen LogP contribution is -2.08. The van der Waals surface area contributed by atoms with Crippen LogP contribution in [0.25, 0.3) is 0 Å². The number of rotatable bonds is 3. The molecule has 4 heteroatoms. The Morgan fingerprint density at radius 2 is 1.80 bits per heavy atom. The van der Waals surface area contributed by atoms with E-state index in [4.69, 9.17) is 10.5 Å². The summed E-state index contributed by atoms with van der Waals surface area (Å²) in [5.74, 6) is -0.0537. The molecule has 0 radical (unpaired) electrons. The zero-order valence-electron chi connectivity index (χ0n) is 11.7. The van der Waals surface area contributed by atoms with E-state index < -0.39 is 5.82 Å². The first-order valence-electron chi connectivity index (χ1n) is 6.19. The number of carbonyl (C=O) groups is 1. The molecule has 0 fully saturated rings. The number of ether oxygens (including phenoxy) is 1. The van der Waals surface area contributed by atoms with Crippen molar-refractivity contribution in [1.82, 2.24) is 0 Å². The molecule has 2 rings (SSSR count). The summed E-state index contributed by atoms with van der Waals surface area (Å²) in [6.45, 7) is 3.66. The van der Waals surface area contributed by atoms with Gasteiger partial charge in [-0.1, -0.05) is 0 Å². The van der Waals surface area contributed by atoms with Gasteiger partial charge >= 0.3 is 0 Å². The average molecular weight is 273 g/mol. The van der Waals surface area contributed by atoms with Gasteiger partial charge < -0.3 is 10.5 Å². The topological polar surface area (TPSA) is 52.3 Å². The monoisotopic (exact) mass is 273 g/mol. The normalized spacial score (nSPS) is 10.4. The first kappa shape index (κ1) is 14.1. The van der Waals surface area contributed by atoms with Crippen LogP contribution in [0.2, 0.25) is 0 Å². The van der Waals surface area contributed by atoms with Gasteiger partial charge in [0.15, 0.2) is 5.78 Å². The van der Waals surface area contributed by atoms with Gasteiger partial charge in [-0.25, -0.2) is 4.39 Å². The van der Waals surface area contributed by atoms with E-state index in [1.165, 1.54) is 12.1 Å². The molecule has 0 aliphatic carbocycles. The second-order valence-corrected chi connectivity index (χ2v) is 4.70. The van der Waals surface area contributed by atoms with Gasteiger partial charge in [0.05, 0.1) is 7.11 Å². The zero-order valence-corrected chi connectivity index (χ0v) is 11.7. The molecule has 0 aliphatic heterocycles. The molecule has 0 unspecified atom stereocenters. The maximum absolute atomic E-state index is 13.3. The van der Waals surface area contributed by atoms with E-state index in [0.29, 0.717) is 11.3 Å². The predicted molar refractivity (Wildman–Crippen MR) is 76.7 cm³/mol. The number of methoxy groups -OCH3 is 1. The van der Waals surface area contributed by atoms with E-state index in [1.54, 1.807) is 19.2 Å². The number of nitrogen functional groups attached to an aromatic ring is 1. The molecule has 0 aromatic heterocycles. The Hall–Kier alpha value is -2.36. The summed E-state index contributed by atoms with van der Waals surface area (Å²) in [6.07, 6.45) is 0. The summed E-state index contributed by atoms with van der Waals surface area (Å²) in [5.41, 5.74) is 8.32. The van der Waals surface area contributed by atoms with E-state index in [-0.39, 0.29) is 17.0 Å². The van der Waals surface area contributed by atoms with Crippen molar-refractivity contribution in [3.05, 3.63) is 58.4 Å². The van der Waals surface area contributed by atoms with Crippen molar-refractivity contribution >= 4 is 11.5 Å². The number of hydrogen-bond acceptors (Lipinski definition) is 3. The second-order valence-electron chi connectivity index (χ2n) is 4.70. The molecule has 2 N–H and O–H groups in total. The molecule has 20 heavy (non-hydrogen) atoms. The summed E-state index contributed by atoms with van der Waals surface area (Å²) in [6, 6.07) is 7.32. The number of aryl methyl sites for hydroxylation is 2. The van der Waals surface area contributed by atoms with Crippen LogP contribution in [0.3, 0.4) is 0 Å². The van der Waals surface area contributed by atoms with E-state index in [0.717, 1.165) is 17.2 Å². The number of benzene rings is 2. The first-order valence-corrected chi connectivity index (χ1v) is 6.19. The SMILES string of the molecule is COc1cc(C)c(C(=O)c2cc(F)ccc2N)cc1C. The Labute approximate surface area is 117 Å². The Kier molecular flexibility index (Phi) is 3.74. The molecule has 104 valence electrons. The molecular formula is C16H16FNO2. The number of anilines is 1. The smallest absolute Gasteiger partial charge is 0.195 e. The number of carbonyl (C=O) groups excluding carboxylic acids is 1. The Morgan fingerprint density at radius 1 is 1.10 bits per heavy atom. The van der Waals surface area contributed by atoms with Crippen LogP contribution >= 0.6 is 0 Å². The van der Waals surface area contributed by atoms with Crippen molar-refractivity contribution in [3.8, 4) is 5.75 Å². The second kappa shape index (κ2) is 5.33. The first-order chi connectivity index (χ1) is 9.43. The van der Waals surface area contributed by atoms with Gasteiger partial charge in [0, 0.05) is 16.8 Å². The van der Waals surface area contributed by atoms with Crippen molar-refractivity contribution in [3.63, 3.8) is 0 Å². The molecule has 3 nitrogen and oxygen atoms in total. The van der Waals surface area contributed by atoms with Crippen LogP contribution in [0.4, 0.5) is 10.1 Å². The Bertz CT molecular complexity index is 680. The largest absolute Gasteiger partial charge is 0.496 e. The van der Waals surface area contributed by atoms with E-state index in [1.807, 2.05) is 13.8 Å². The van der Waals surface area contributed by atoms with E-state index in [9.17, 15) is 9.18 Å². The van der Waals surface area contributed by atoms with Crippen LogP contribution in [-0.2, 0) is 0 Å². The summed E-state index contributed by atoms with van der Waals surface area (Å²) in [4.78, 5) is 12.5. The number of ketones is 1. The average Bonchev–Trinajstić information content (AvgIpc) is 2.42. The fourth-order valence-corrected chi connectivity index (χ4v) is 2.12. The standard InChI is InChI=1S/C16H16FNO2/c1-9-7-15(20-3)10(2)6-12(9)16(19)13-8-11(17)4-5-14(13)18/h4-8H,18H2,1-3H3. The quantitative estimate of drug-likeness (QED) is 0.689. The van der Waals surface area contributed by atoms with Gasteiger partial charge in [-0.2, -0.15) is 0 Å². The molecule has 0 amide bonds. The third-order valence-corrected chi connectivity index (χ3v) is 3.25. The lowest BCUT2D eigenvalue weighted by Gasteiger charge is -2.11. The van der Waals surface area contributed by atoms with Crippen molar-refractivity contribution in [2.45, 2.75) is 13.8 Å². The van der Waals surface area contributed by atoms with Gasteiger partial charge in [-0.3, -0.25) is 4.79 Å². The fraction of sp³-hybridized carbons (Fsp3) is 0.188.